The lowest BCUT2D eigenvalue weighted by Crippen LogP contribution is -2.42. The van der Waals surface area contributed by atoms with Crippen molar-refractivity contribution >= 4 is 42.6 Å². The minimum Gasteiger partial charge on any atom is -0.308 e. The van der Waals surface area contributed by atoms with E-state index in [1.807, 2.05) is 0 Å². The summed E-state index contributed by atoms with van der Waals surface area (Å²) in [6.07, 6.45) is 0. The molecule has 1 saturated heterocycles. The molecule has 0 unspecified atom stereocenters. The Hall–Kier alpha value is -1.000. The van der Waals surface area contributed by atoms with Gasteiger partial charge in [0.2, 0.25) is 0 Å². The van der Waals surface area contributed by atoms with Crippen molar-refractivity contribution in [3.63, 3.8) is 0 Å². The number of benzene rings is 1. The fourth-order valence-corrected chi connectivity index (χ4v) is 9.19. The molecule has 1 N–H and O–H groups in total. The molecular weight excluding hydrogens is 409 g/mol. The average Bonchev–Trinajstić information content (AvgIpc) is 3.10. The van der Waals surface area contributed by atoms with E-state index in [1.165, 1.54) is 24.3 Å². The Morgan fingerprint density at radius 1 is 1.16 bits per heavy atom. The first kappa shape index (κ1) is 18.8. The number of sulfone groups is 2. The predicted octanol–water partition coefficient (Wildman–Crippen LogP) is 2.27. The number of hydrogen-bond donors (Lipinski definition) is 1. The van der Waals surface area contributed by atoms with Gasteiger partial charge in [-0.3, -0.25) is 0 Å². The van der Waals surface area contributed by atoms with E-state index in [9.17, 15) is 21.2 Å². The number of rotatable bonds is 5. The molecule has 10 heteroatoms. The largest absolute Gasteiger partial charge is 0.308 e. The van der Waals surface area contributed by atoms with Crippen LogP contribution in [-0.2, 0) is 26.2 Å². The Bertz CT molecular complexity index is 970. The zero-order valence-corrected chi connectivity index (χ0v) is 16.1. The van der Waals surface area contributed by atoms with Crippen molar-refractivity contribution in [2.75, 3.05) is 11.5 Å². The lowest BCUT2D eigenvalue weighted by molar-refractivity contribution is 0.527. The number of thiophene rings is 1. The van der Waals surface area contributed by atoms with Gasteiger partial charge in [0.05, 0.1) is 21.1 Å². The molecule has 1 aromatic carbocycles. The van der Waals surface area contributed by atoms with Crippen LogP contribution < -0.4 is 5.32 Å². The third-order valence-corrected chi connectivity index (χ3v) is 9.92. The van der Waals surface area contributed by atoms with E-state index < -0.39 is 36.7 Å². The SMILES string of the molecule is O=S1(=O)C[C@H](NCc2ccc(F)cc2)[C@@H](S(=O)(=O)c2ccc(Cl)s2)C1. The van der Waals surface area contributed by atoms with Crippen LogP contribution in [0, 0.1) is 5.82 Å². The second-order valence-corrected chi connectivity index (χ2v) is 12.1. The second-order valence-electron chi connectivity index (χ2n) is 5.83. The van der Waals surface area contributed by atoms with Crippen LogP contribution in [0.3, 0.4) is 0 Å². The van der Waals surface area contributed by atoms with Crippen molar-refractivity contribution in [1.29, 1.82) is 0 Å². The molecule has 0 amide bonds. The summed E-state index contributed by atoms with van der Waals surface area (Å²) >= 11 is 6.72. The summed E-state index contributed by atoms with van der Waals surface area (Å²) in [6.45, 7) is 0.248. The summed E-state index contributed by atoms with van der Waals surface area (Å²) in [5, 5.41) is 1.92. The Kier molecular flexibility index (Phi) is 5.23. The van der Waals surface area contributed by atoms with Gasteiger partial charge in [-0.05, 0) is 29.8 Å². The maximum atomic E-state index is 12.9. The van der Waals surface area contributed by atoms with Gasteiger partial charge in [0.25, 0.3) is 0 Å². The highest BCUT2D eigenvalue weighted by molar-refractivity contribution is 7.97. The van der Waals surface area contributed by atoms with Crippen LogP contribution in [0.15, 0.2) is 40.6 Å². The molecule has 136 valence electrons. The highest BCUT2D eigenvalue weighted by atomic mass is 35.5. The molecule has 0 saturated carbocycles. The number of hydrogen-bond acceptors (Lipinski definition) is 6. The lowest BCUT2D eigenvalue weighted by Gasteiger charge is -2.19. The molecule has 5 nitrogen and oxygen atoms in total. The van der Waals surface area contributed by atoms with Gasteiger partial charge in [-0.2, -0.15) is 0 Å². The fourth-order valence-electron chi connectivity index (χ4n) is 2.76. The molecule has 0 bridgehead atoms. The van der Waals surface area contributed by atoms with Crippen molar-refractivity contribution in [2.45, 2.75) is 22.0 Å². The van der Waals surface area contributed by atoms with Gasteiger partial charge in [0.15, 0.2) is 19.7 Å². The summed E-state index contributed by atoms with van der Waals surface area (Å²) in [5.74, 6) is -1.05. The molecule has 1 aliphatic heterocycles. The molecule has 2 aromatic rings. The Balaban J connectivity index is 1.82. The van der Waals surface area contributed by atoms with E-state index in [4.69, 9.17) is 11.6 Å². The molecule has 25 heavy (non-hydrogen) atoms. The van der Waals surface area contributed by atoms with Crippen LogP contribution in [-0.4, -0.2) is 39.6 Å². The average molecular weight is 424 g/mol. The van der Waals surface area contributed by atoms with Crippen LogP contribution in [0.2, 0.25) is 4.34 Å². The van der Waals surface area contributed by atoms with Gasteiger partial charge < -0.3 is 5.32 Å². The van der Waals surface area contributed by atoms with E-state index in [-0.39, 0.29) is 22.3 Å². The summed E-state index contributed by atoms with van der Waals surface area (Å²) in [7, 11) is -7.29. The van der Waals surface area contributed by atoms with E-state index in [1.54, 1.807) is 12.1 Å². The monoisotopic (exact) mass is 423 g/mol. The van der Waals surface area contributed by atoms with Gasteiger partial charge in [-0.25, -0.2) is 21.2 Å². The minimum atomic E-state index is -3.82. The molecule has 1 fully saturated rings. The lowest BCUT2D eigenvalue weighted by atomic mass is 10.2. The van der Waals surface area contributed by atoms with E-state index in [2.05, 4.69) is 5.32 Å². The first-order chi connectivity index (χ1) is 11.7. The van der Waals surface area contributed by atoms with Crippen molar-refractivity contribution in [3.05, 3.63) is 52.1 Å². The zero-order valence-electron chi connectivity index (χ0n) is 12.9. The van der Waals surface area contributed by atoms with Gasteiger partial charge in [-0.1, -0.05) is 23.7 Å². The fraction of sp³-hybridized carbons (Fsp3) is 0.333. The van der Waals surface area contributed by atoms with Gasteiger partial charge >= 0.3 is 0 Å². The maximum Gasteiger partial charge on any atom is 0.193 e. The van der Waals surface area contributed by atoms with E-state index in [0.717, 1.165) is 16.9 Å². The molecule has 1 aliphatic rings. The van der Waals surface area contributed by atoms with Gasteiger partial charge in [0.1, 0.15) is 10.0 Å². The summed E-state index contributed by atoms with van der Waals surface area (Å²) < 4.78 is 63.0. The quantitative estimate of drug-likeness (QED) is 0.797. The smallest absolute Gasteiger partial charge is 0.193 e. The van der Waals surface area contributed by atoms with Crippen LogP contribution >= 0.6 is 22.9 Å². The molecule has 0 aliphatic carbocycles. The first-order valence-corrected chi connectivity index (χ1v) is 11.9. The minimum absolute atomic E-state index is 0.0631. The zero-order chi connectivity index (χ0) is 18.2. The number of halogens is 2. The molecule has 2 atom stereocenters. The van der Waals surface area contributed by atoms with Crippen LogP contribution in [0.1, 0.15) is 5.56 Å². The Labute approximate surface area is 154 Å². The standard InChI is InChI=1S/C15H15ClFNO4S3/c16-14-5-6-15(23-14)25(21,22)13-9-24(19,20)8-12(13)18-7-10-1-3-11(17)4-2-10/h1-6,12-13,18H,7-9H2/t12-,13-/m0/s1. The summed E-state index contributed by atoms with van der Waals surface area (Å²) in [5.41, 5.74) is 0.737. The van der Waals surface area contributed by atoms with Crippen LogP contribution in [0.4, 0.5) is 4.39 Å². The molecular formula is C15H15ClFNO4S3. The summed E-state index contributed by atoms with van der Waals surface area (Å²) in [4.78, 5) is 0. The molecule has 2 heterocycles. The third-order valence-electron chi connectivity index (χ3n) is 4.01. The second kappa shape index (κ2) is 6.96. The molecule has 0 spiro atoms. The summed E-state index contributed by atoms with van der Waals surface area (Å²) in [6, 6.07) is 7.85. The highest BCUT2D eigenvalue weighted by Crippen LogP contribution is 2.32. The molecule has 0 radical (unpaired) electrons. The van der Waals surface area contributed by atoms with Crippen LogP contribution in [0.5, 0.6) is 0 Å². The van der Waals surface area contributed by atoms with Gasteiger partial charge in [-0.15, -0.1) is 11.3 Å². The maximum absolute atomic E-state index is 12.9. The van der Waals surface area contributed by atoms with E-state index in [0.29, 0.717) is 4.34 Å². The third kappa shape index (κ3) is 4.22. The highest BCUT2D eigenvalue weighted by Gasteiger charge is 2.46. The topological polar surface area (TPSA) is 80.3 Å². The first-order valence-electron chi connectivity index (χ1n) is 7.35. The van der Waals surface area contributed by atoms with Crippen molar-refractivity contribution in [2.24, 2.45) is 0 Å². The predicted molar refractivity (Wildman–Crippen MR) is 96.0 cm³/mol. The molecule has 3 rings (SSSR count). The Morgan fingerprint density at radius 2 is 1.84 bits per heavy atom. The van der Waals surface area contributed by atoms with Crippen LogP contribution in [0.25, 0.3) is 0 Å². The van der Waals surface area contributed by atoms with Gasteiger partial charge in [0, 0.05) is 12.6 Å². The number of nitrogens with one attached hydrogen (secondary N) is 1. The van der Waals surface area contributed by atoms with Crippen molar-refractivity contribution in [3.8, 4) is 0 Å². The normalized spacial score (nSPS) is 23.0. The molecule has 1 aromatic heterocycles. The van der Waals surface area contributed by atoms with Crippen molar-refractivity contribution < 1.29 is 21.2 Å². The Morgan fingerprint density at radius 3 is 2.44 bits per heavy atom. The van der Waals surface area contributed by atoms with Crippen molar-refractivity contribution in [1.82, 2.24) is 5.32 Å². The van der Waals surface area contributed by atoms with E-state index >= 15 is 0 Å².